The molecule has 3 fully saturated rings. The molecular formula is C28H48O. The summed E-state index contributed by atoms with van der Waals surface area (Å²) in [5.41, 5.74) is 2.57. The predicted octanol–water partition coefficient (Wildman–Crippen LogP) is 7.63. The lowest BCUT2D eigenvalue weighted by atomic mass is 9.44. The lowest BCUT2D eigenvalue weighted by Crippen LogP contribution is -2.53. The molecule has 1 N–H and O–H groups in total. The molecule has 3 saturated carbocycles. The number of aliphatic hydroxyl groups is 1. The Morgan fingerprint density at radius 1 is 1.00 bits per heavy atom. The Balaban J connectivity index is 1.53. The molecule has 0 radical (unpaired) electrons. The highest BCUT2D eigenvalue weighted by atomic mass is 16.3. The molecule has 0 aromatic heterocycles. The van der Waals surface area contributed by atoms with Gasteiger partial charge in [-0.05, 0) is 97.2 Å². The zero-order valence-electron chi connectivity index (χ0n) is 20.2. The van der Waals surface area contributed by atoms with Crippen LogP contribution in [0.3, 0.4) is 0 Å². The first kappa shape index (κ1) is 21.9. The van der Waals surface area contributed by atoms with Crippen molar-refractivity contribution in [1.29, 1.82) is 0 Å². The van der Waals surface area contributed by atoms with Crippen LogP contribution in [0.5, 0.6) is 0 Å². The number of fused-ring (bicyclic) bond motifs is 5. The van der Waals surface area contributed by atoms with Crippen LogP contribution >= 0.6 is 0 Å². The van der Waals surface area contributed by atoms with Gasteiger partial charge in [-0.1, -0.05) is 72.5 Å². The molecule has 0 spiro atoms. The lowest BCUT2D eigenvalue weighted by Gasteiger charge is -2.61. The van der Waals surface area contributed by atoms with Crippen LogP contribution in [0.25, 0.3) is 0 Å². The molecule has 0 bridgehead atoms. The average molecular weight is 401 g/mol. The highest BCUT2D eigenvalue weighted by molar-refractivity contribution is 5.26. The topological polar surface area (TPSA) is 20.2 Å². The second-order valence-electron chi connectivity index (χ2n) is 12.7. The van der Waals surface area contributed by atoms with Crippen LogP contribution in [0.15, 0.2) is 11.6 Å². The number of rotatable bonds is 5. The molecule has 0 aromatic rings. The van der Waals surface area contributed by atoms with Crippen LogP contribution in [0.1, 0.15) is 106 Å². The minimum atomic E-state index is -0.182. The van der Waals surface area contributed by atoms with E-state index in [1.807, 2.05) is 0 Å². The fraction of sp³-hybridized carbons (Fsp3) is 0.929. The molecule has 0 saturated heterocycles. The molecule has 29 heavy (non-hydrogen) atoms. The van der Waals surface area contributed by atoms with Crippen LogP contribution in [-0.2, 0) is 0 Å². The molecular weight excluding hydrogens is 352 g/mol. The summed E-state index contributed by atoms with van der Waals surface area (Å²) in [4.78, 5) is 0. The molecule has 0 heterocycles. The van der Waals surface area contributed by atoms with Crippen molar-refractivity contribution in [2.75, 3.05) is 0 Å². The van der Waals surface area contributed by atoms with Gasteiger partial charge in [-0.15, -0.1) is 0 Å². The van der Waals surface area contributed by atoms with Crippen molar-refractivity contribution in [3.05, 3.63) is 11.6 Å². The third-order valence-electron chi connectivity index (χ3n) is 10.6. The number of hydrogen-bond donors (Lipinski definition) is 1. The molecule has 0 aliphatic heterocycles. The minimum absolute atomic E-state index is 0.182. The molecule has 9 atom stereocenters. The quantitative estimate of drug-likeness (QED) is 0.470. The van der Waals surface area contributed by atoms with Crippen LogP contribution < -0.4 is 0 Å². The summed E-state index contributed by atoms with van der Waals surface area (Å²) < 4.78 is 0. The zero-order chi connectivity index (χ0) is 21.0. The first-order chi connectivity index (χ1) is 13.7. The number of allylic oxidation sites excluding steroid dienone is 1. The van der Waals surface area contributed by atoms with Gasteiger partial charge >= 0.3 is 0 Å². The van der Waals surface area contributed by atoms with E-state index >= 15 is 0 Å². The molecule has 9 unspecified atom stereocenters. The fourth-order valence-corrected chi connectivity index (χ4v) is 9.08. The SMILES string of the molecule is CC(C)CCCC(C)C1CCC2C3C(C)CC4=CC(O)CCC4(C)C3CCC12C. The minimum Gasteiger partial charge on any atom is -0.389 e. The van der Waals surface area contributed by atoms with E-state index < -0.39 is 0 Å². The maximum atomic E-state index is 10.3. The Hall–Kier alpha value is -0.300. The van der Waals surface area contributed by atoms with Crippen LogP contribution in [0, 0.1) is 52.3 Å². The van der Waals surface area contributed by atoms with E-state index in [-0.39, 0.29) is 6.10 Å². The van der Waals surface area contributed by atoms with Gasteiger partial charge in [-0.3, -0.25) is 0 Å². The standard InChI is InChI=1S/C28H48O/c1-18(2)8-7-9-19(3)23-10-11-24-26-20(4)16-21-17-22(29)12-14-27(21,5)25(26)13-15-28(23,24)6/h17-20,22-26,29H,7-16H2,1-6H3. The summed E-state index contributed by atoms with van der Waals surface area (Å²) in [5.74, 6) is 6.21. The van der Waals surface area contributed by atoms with E-state index in [1.54, 1.807) is 5.57 Å². The molecule has 4 aliphatic carbocycles. The zero-order valence-corrected chi connectivity index (χ0v) is 20.2. The average Bonchev–Trinajstić information content (AvgIpc) is 3.00. The summed E-state index contributed by atoms with van der Waals surface area (Å²) in [5, 5.41) is 10.3. The van der Waals surface area contributed by atoms with Crippen LogP contribution in [0.2, 0.25) is 0 Å². The van der Waals surface area contributed by atoms with Crippen LogP contribution in [-0.4, -0.2) is 11.2 Å². The molecule has 1 nitrogen and oxygen atoms in total. The van der Waals surface area contributed by atoms with Crippen LogP contribution in [0.4, 0.5) is 0 Å². The van der Waals surface area contributed by atoms with Gasteiger partial charge in [0.15, 0.2) is 0 Å². The second-order valence-corrected chi connectivity index (χ2v) is 12.7. The third kappa shape index (κ3) is 3.66. The monoisotopic (exact) mass is 400 g/mol. The van der Waals surface area contributed by atoms with E-state index in [0.29, 0.717) is 10.8 Å². The summed E-state index contributed by atoms with van der Waals surface area (Å²) in [6, 6.07) is 0. The second kappa shape index (κ2) is 7.99. The summed E-state index contributed by atoms with van der Waals surface area (Å²) in [6.45, 7) is 15.1. The number of hydrogen-bond acceptors (Lipinski definition) is 1. The molecule has 166 valence electrons. The van der Waals surface area contributed by atoms with E-state index in [9.17, 15) is 5.11 Å². The van der Waals surface area contributed by atoms with Gasteiger partial charge in [0.25, 0.3) is 0 Å². The van der Waals surface area contributed by atoms with Crippen molar-refractivity contribution in [1.82, 2.24) is 0 Å². The van der Waals surface area contributed by atoms with Gasteiger partial charge in [-0.25, -0.2) is 0 Å². The molecule has 1 heteroatoms. The molecule has 4 aliphatic rings. The maximum absolute atomic E-state index is 10.3. The first-order valence-corrected chi connectivity index (χ1v) is 13.1. The summed E-state index contributed by atoms with van der Waals surface area (Å²) >= 11 is 0. The van der Waals surface area contributed by atoms with Gasteiger partial charge in [0.05, 0.1) is 6.10 Å². The van der Waals surface area contributed by atoms with Gasteiger partial charge in [-0.2, -0.15) is 0 Å². The fourth-order valence-electron chi connectivity index (χ4n) is 9.08. The Labute approximate surface area is 181 Å². The van der Waals surface area contributed by atoms with Crippen molar-refractivity contribution in [3.8, 4) is 0 Å². The smallest absolute Gasteiger partial charge is 0.0724 e. The van der Waals surface area contributed by atoms with Crippen molar-refractivity contribution in [2.24, 2.45) is 52.3 Å². The van der Waals surface area contributed by atoms with E-state index in [2.05, 4.69) is 47.6 Å². The Bertz CT molecular complexity index is 620. The molecule has 0 amide bonds. The number of aliphatic hydroxyl groups excluding tert-OH is 1. The predicted molar refractivity (Wildman–Crippen MR) is 124 cm³/mol. The van der Waals surface area contributed by atoms with E-state index in [4.69, 9.17) is 0 Å². The Morgan fingerprint density at radius 2 is 1.76 bits per heavy atom. The van der Waals surface area contributed by atoms with Crippen molar-refractivity contribution in [2.45, 2.75) is 112 Å². The molecule has 4 rings (SSSR count). The highest BCUT2D eigenvalue weighted by Gasteiger charge is 2.60. The van der Waals surface area contributed by atoms with Crippen molar-refractivity contribution >= 4 is 0 Å². The Morgan fingerprint density at radius 3 is 2.48 bits per heavy atom. The summed E-state index contributed by atoms with van der Waals surface area (Å²) in [7, 11) is 0. The molecule has 0 aromatic carbocycles. The summed E-state index contributed by atoms with van der Waals surface area (Å²) in [6.07, 6.45) is 15.6. The van der Waals surface area contributed by atoms with Crippen molar-refractivity contribution in [3.63, 3.8) is 0 Å². The van der Waals surface area contributed by atoms with Crippen molar-refractivity contribution < 1.29 is 5.11 Å². The van der Waals surface area contributed by atoms with Gasteiger partial charge in [0.2, 0.25) is 0 Å². The first-order valence-electron chi connectivity index (χ1n) is 13.1. The maximum Gasteiger partial charge on any atom is 0.0724 e. The van der Waals surface area contributed by atoms with E-state index in [1.165, 1.54) is 57.8 Å². The van der Waals surface area contributed by atoms with Gasteiger partial charge in [0.1, 0.15) is 0 Å². The normalized spacial score (nSPS) is 47.9. The third-order valence-corrected chi connectivity index (χ3v) is 10.6. The van der Waals surface area contributed by atoms with Gasteiger partial charge < -0.3 is 5.11 Å². The lowest BCUT2D eigenvalue weighted by molar-refractivity contribution is -0.0840. The van der Waals surface area contributed by atoms with Gasteiger partial charge in [0, 0.05) is 0 Å². The Kier molecular flexibility index (Phi) is 6.04. The largest absolute Gasteiger partial charge is 0.389 e. The van der Waals surface area contributed by atoms with E-state index in [0.717, 1.165) is 47.8 Å². The highest BCUT2D eigenvalue weighted by Crippen LogP contribution is 2.68.